The van der Waals surface area contributed by atoms with Crippen LogP contribution in [-0.4, -0.2) is 10.2 Å². The Labute approximate surface area is 120 Å². The van der Waals surface area contributed by atoms with Gasteiger partial charge in [-0.25, -0.2) is 0 Å². The van der Waals surface area contributed by atoms with Gasteiger partial charge in [0.1, 0.15) is 12.0 Å². The average molecular weight is 282 g/mol. The van der Waals surface area contributed by atoms with Gasteiger partial charge < -0.3 is 14.6 Å². The minimum atomic E-state index is -0.281. The van der Waals surface area contributed by atoms with E-state index in [1.807, 2.05) is 32.0 Å². The van der Waals surface area contributed by atoms with Gasteiger partial charge in [-0.15, -0.1) is 0 Å². The van der Waals surface area contributed by atoms with Crippen LogP contribution in [0.5, 0.6) is 11.5 Å². The van der Waals surface area contributed by atoms with Gasteiger partial charge in [-0.05, 0) is 31.0 Å². The highest BCUT2D eigenvalue weighted by Gasteiger charge is 2.14. The lowest BCUT2D eigenvalue weighted by atomic mass is 9.98. The summed E-state index contributed by atoms with van der Waals surface area (Å²) < 4.78 is 5.40. The highest BCUT2D eigenvalue weighted by Crippen LogP contribution is 2.30. The van der Waals surface area contributed by atoms with E-state index in [9.17, 15) is 15.0 Å². The fourth-order valence-corrected chi connectivity index (χ4v) is 2.42. The number of phenols is 2. The molecule has 0 unspecified atom stereocenters. The Morgan fingerprint density at radius 1 is 1.00 bits per heavy atom. The van der Waals surface area contributed by atoms with Crippen molar-refractivity contribution in [2.75, 3.05) is 0 Å². The molecule has 0 fully saturated rings. The smallest absolute Gasteiger partial charge is 0.200 e. The first-order valence-electron chi connectivity index (χ1n) is 6.52. The van der Waals surface area contributed by atoms with E-state index in [2.05, 4.69) is 0 Å². The molecule has 3 aromatic rings. The van der Waals surface area contributed by atoms with Gasteiger partial charge in [0.15, 0.2) is 11.3 Å². The molecule has 21 heavy (non-hydrogen) atoms. The predicted octanol–water partition coefficient (Wildman–Crippen LogP) is 3.49. The number of rotatable bonds is 1. The van der Waals surface area contributed by atoms with Crippen LogP contribution < -0.4 is 5.43 Å². The van der Waals surface area contributed by atoms with Gasteiger partial charge in [0.05, 0.1) is 10.9 Å². The number of hydrogen-bond acceptors (Lipinski definition) is 4. The second kappa shape index (κ2) is 4.66. The molecule has 4 heteroatoms. The fourth-order valence-electron chi connectivity index (χ4n) is 2.42. The summed E-state index contributed by atoms with van der Waals surface area (Å²) in [4.78, 5) is 12.6. The highest BCUT2D eigenvalue weighted by molar-refractivity contribution is 5.87. The summed E-state index contributed by atoms with van der Waals surface area (Å²) in [5.74, 6) is -0.431. The van der Waals surface area contributed by atoms with E-state index < -0.39 is 0 Å². The second-order valence-corrected chi connectivity index (χ2v) is 5.14. The van der Waals surface area contributed by atoms with Gasteiger partial charge in [-0.1, -0.05) is 23.8 Å². The zero-order valence-electron chi connectivity index (χ0n) is 11.7. The summed E-state index contributed by atoms with van der Waals surface area (Å²) in [5.41, 5.74) is 2.98. The molecule has 2 N–H and O–H groups in total. The van der Waals surface area contributed by atoms with Crippen LogP contribution in [0.2, 0.25) is 0 Å². The molecule has 0 aliphatic carbocycles. The van der Waals surface area contributed by atoms with E-state index in [1.165, 1.54) is 12.3 Å². The third-order valence-corrected chi connectivity index (χ3v) is 3.52. The topological polar surface area (TPSA) is 70.7 Å². The Morgan fingerprint density at radius 3 is 2.52 bits per heavy atom. The Hall–Kier alpha value is -2.75. The van der Waals surface area contributed by atoms with Gasteiger partial charge >= 0.3 is 0 Å². The molecule has 0 aliphatic rings. The average Bonchev–Trinajstić information content (AvgIpc) is 2.43. The summed E-state index contributed by atoms with van der Waals surface area (Å²) in [7, 11) is 0. The maximum absolute atomic E-state index is 12.6. The molecule has 2 aromatic carbocycles. The van der Waals surface area contributed by atoms with Crippen LogP contribution >= 0.6 is 0 Å². The van der Waals surface area contributed by atoms with Crippen molar-refractivity contribution in [2.45, 2.75) is 13.8 Å². The fraction of sp³-hybridized carbons (Fsp3) is 0.118. The SMILES string of the molecule is Cc1ccc(C)c(-c2coc3c(O)cc(O)cc3c2=O)c1. The summed E-state index contributed by atoms with van der Waals surface area (Å²) in [6.45, 7) is 3.86. The summed E-state index contributed by atoms with van der Waals surface area (Å²) in [6.07, 6.45) is 1.35. The van der Waals surface area contributed by atoms with Crippen molar-refractivity contribution in [1.29, 1.82) is 0 Å². The third kappa shape index (κ3) is 2.14. The first-order chi connectivity index (χ1) is 9.97. The van der Waals surface area contributed by atoms with Gasteiger partial charge in [0, 0.05) is 6.07 Å². The van der Waals surface area contributed by atoms with Crippen LogP contribution in [0, 0.1) is 13.8 Å². The summed E-state index contributed by atoms with van der Waals surface area (Å²) in [5, 5.41) is 19.5. The van der Waals surface area contributed by atoms with Gasteiger partial charge in [0.2, 0.25) is 5.43 Å². The standard InChI is InChI=1S/C17H14O4/c1-9-3-4-10(2)12(5-9)14-8-21-17-13(16(14)20)6-11(18)7-15(17)19/h3-8,18-19H,1-2H3. The van der Waals surface area contributed by atoms with Crippen LogP contribution in [0.3, 0.4) is 0 Å². The van der Waals surface area contributed by atoms with Crippen LogP contribution in [0.4, 0.5) is 0 Å². The van der Waals surface area contributed by atoms with Crippen LogP contribution in [-0.2, 0) is 0 Å². The Balaban J connectivity index is 2.38. The molecule has 0 atom stereocenters. The predicted molar refractivity (Wildman–Crippen MR) is 80.7 cm³/mol. The first kappa shape index (κ1) is 13.2. The number of aryl methyl sites for hydroxylation is 2. The number of benzene rings is 2. The van der Waals surface area contributed by atoms with Crippen molar-refractivity contribution < 1.29 is 14.6 Å². The maximum atomic E-state index is 12.6. The molecule has 0 aliphatic heterocycles. The maximum Gasteiger partial charge on any atom is 0.200 e. The van der Waals surface area contributed by atoms with E-state index in [0.29, 0.717) is 5.56 Å². The van der Waals surface area contributed by atoms with E-state index in [-0.39, 0.29) is 27.9 Å². The van der Waals surface area contributed by atoms with E-state index >= 15 is 0 Å². The third-order valence-electron chi connectivity index (χ3n) is 3.52. The molecule has 0 saturated heterocycles. The van der Waals surface area contributed by atoms with Crippen LogP contribution in [0.1, 0.15) is 11.1 Å². The highest BCUT2D eigenvalue weighted by atomic mass is 16.3. The van der Waals surface area contributed by atoms with Crippen LogP contribution in [0.15, 0.2) is 45.8 Å². The minimum absolute atomic E-state index is 0.0758. The molecule has 0 saturated carbocycles. The Bertz CT molecular complexity index is 907. The molecule has 4 nitrogen and oxygen atoms in total. The molecular formula is C17H14O4. The lowest BCUT2D eigenvalue weighted by Crippen LogP contribution is -2.05. The van der Waals surface area contributed by atoms with E-state index in [0.717, 1.165) is 22.8 Å². The second-order valence-electron chi connectivity index (χ2n) is 5.14. The van der Waals surface area contributed by atoms with E-state index in [1.54, 1.807) is 0 Å². The quantitative estimate of drug-likeness (QED) is 0.716. The van der Waals surface area contributed by atoms with Gasteiger partial charge in [0.25, 0.3) is 0 Å². The molecule has 0 spiro atoms. The monoisotopic (exact) mass is 282 g/mol. The largest absolute Gasteiger partial charge is 0.508 e. The zero-order valence-corrected chi connectivity index (χ0v) is 11.7. The van der Waals surface area contributed by atoms with Crippen molar-refractivity contribution in [3.05, 3.63) is 57.9 Å². The molecular weight excluding hydrogens is 268 g/mol. The normalized spacial score (nSPS) is 11.0. The zero-order chi connectivity index (χ0) is 15.1. The number of hydrogen-bond donors (Lipinski definition) is 2. The number of aromatic hydroxyl groups is 2. The van der Waals surface area contributed by atoms with Gasteiger partial charge in [-0.2, -0.15) is 0 Å². The molecule has 1 heterocycles. The molecule has 1 aromatic heterocycles. The van der Waals surface area contributed by atoms with Crippen molar-refractivity contribution in [1.82, 2.24) is 0 Å². The Morgan fingerprint density at radius 2 is 1.76 bits per heavy atom. The summed E-state index contributed by atoms with van der Waals surface area (Å²) >= 11 is 0. The molecule has 0 bridgehead atoms. The number of fused-ring (bicyclic) bond motifs is 1. The van der Waals surface area contributed by atoms with Crippen molar-refractivity contribution in [3.8, 4) is 22.6 Å². The van der Waals surface area contributed by atoms with Crippen molar-refractivity contribution in [2.24, 2.45) is 0 Å². The Kier molecular flexibility index (Phi) is 2.94. The van der Waals surface area contributed by atoms with Crippen molar-refractivity contribution >= 4 is 11.0 Å². The molecule has 0 radical (unpaired) electrons. The number of phenolic OH excluding ortho intramolecular Hbond substituents is 2. The van der Waals surface area contributed by atoms with Crippen LogP contribution in [0.25, 0.3) is 22.1 Å². The first-order valence-corrected chi connectivity index (χ1v) is 6.52. The lowest BCUT2D eigenvalue weighted by molar-refractivity contribution is 0.444. The lowest BCUT2D eigenvalue weighted by Gasteiger charge is -2.08. The molecule has 0 amide bonds. The van der Waals surface area contributed by atoms with Crippen molar-refractivity contribution in [3.63, 3.8) is 0 Å². The molecule has 3 rings (SSSR count). The van der Waals surface area contributed by atoms with E-state index in [4.69, 9.17) is 4.42 Å². The van der Waals surface area contributed by atoms with Gasteiger partial charge in [-0.3, -0.25) is 4.79 Å². The summed E-state index contributed by atoms with van der Waals surface area (Å²) in [6, 6.07) is 8.27. The minimum Gasteiger partial charge on any atom is -0.508 e. The molecule has 106 valence electrons.